The van der Waals surface area contributed by atoms with Crippen molar-refractivity contribution in [3.8, 4) is 22.3 Å². The molecule has 5 rings (SSSR count). The quantitative estimate of drug-likeness (QED) is 0.212. The number of hydrogen-bond donors (Lipinski definition) is 2. The summed E-state index contributed by atoms with van der Waals surface area (Å²) in [4.78, 5) is 15.4. The third-order valence-corrected chi connectivity index (χ3v) is 6.34. The van der Waals surface area contributed by atoms with Gasteiger partial charge in [-0.3, -0.25) is 4.98 Å². The van der Waals surface area contributed by atoms with Crippen molar-refractivity contribution in [2.24, 2.45) is 5.16 Å². The summed E-state index contributed by atoms with van der Waals surface area (Å²) in [7, 11) is 0. The molecule has 5 nitrogen and oxygen atoms in total. The second-order valence-corrected chi connectivity index (χ2v) is 8.38. The van der Waals surface area contributed by atoms with Gasteiger partial charge in [0.2, 0.25) is 0 Å². The second-order valence-electron chi connectivity index (χ2n) is 8.38. The number of aromatic carboxylic acids is 1. The predicted molar refractivity (Wildman–Crippen MR) is 128 cm³/mol. The minimum Gasteiger partial charge on any atom is -0.478 e. The molecular weight excluding hydrogens is 431 g/mol. The number of carboxylic acids is 1. The van der Waals surface area contributed by atoms with Crippen LogP contribution in [0.4, 0.5) is 4.39 Å². The average molecular weight is 452 g/mol. The fraction of sp³-hybridized carbons (Fsp3) is 0.107. The number of halogens is 1. The third kappa shape index (κ3) is 3.73. The van der Waals surface area contributed by atoms with E-state index in [1.54, 1.807) is 12.3 Å². The molecule has 6 heteroatoms. The highest BCUT2D eigenvalue weighted by atomic mass is 19.1. The van der Waals surface area contributed by atoms with Crippen molar-refractivity contribution < 1.29 is 19.5 Å². The molecule has 2 N–H and O–H groups in total. The molecule has 0 bridgehead atoms. The predicted octanol–water partition coefficient (Wildman–Crippen LogP) is 6.28. The van der Waals surface area contributed by atoms with E-state index in [0.29, 0.717) is 17.7 Å². The lowest BCUT2D eigenvalue weighted by molar-refractivity contribution is 0.0692. The standard InChI is InChI=1S/C28H21FN2O3/c1-16-12-19(10-11-30-16)27(31-34)15-25-21-5-3-2-4-20(21)24-13-17(6-8-22(24)25)18-7-9-23(28(32)33)26(29)14-18/h2-14,25,34H,15H2,1H3,(H,32,33)/b31-27+. The van der Waals surface area contributed by atoms with Crippen molar-refractivity contribution in [3.63, 3.8) is 0 Å². The summed E-state index contributed by atoms with van der Waals surface area (Å²) in [5.41, 5.74) is 7.64. The van der Waals surface area contributed by atoms with E-state index in [1.807, 2.05) is 49.4 Å². The Bertz CT molecular complexity index is 1460. The molecule has 1 heterocycles. The molecule has 0 amide bonds. The van der Waals surface area contributed by atoms with Gasteiger partial charge in [0, 0.05) is 29.8 Å². The number of rotatable bonds is 5. The molecule has 1 aliphatic rings. The Morgan fingerprint density at radius 2 is 1.71 bits per heavy atom. The van der Waals surface area contributed by atoms with E-state index >= 15 is 0 Å². The Morgan fingerprint density at radius 1 is 0.971 bits per heavy atom. The van der Waals surface area contributed by atoms with Crippen LogP contribution in [-0.2, 0) is 0 Å². The number of carbonyl (C=O) groups is 1. The first-order chi connectivity index (χ1) is 16.5. The summed E-state index contributed by atoms with van der Waals surface area (Å²) >= 11 is 0. The molecule has 0 spiro atoms. The molecule has 168 valence electrons. The van der Waals surface area contributed by atoms with Crippen LogP contribution in [0, 0.1) is 12.7 Å². The van der Waals surface area contributed by atoms with E-state index in [0.717, 1.165) is 39.1 Å². The van der Waals surface area contributed by atoms with E-state index in [-0.39, 0.29) is 11.5 Å². The molecular formula is C28H21FN2O3. The monoisotopic (exact) mass is 452 g/mol. The van der Waals surface area contributed by atoms with Crippen LogP contribution >= 0.6 is 0 Å². The van der Waals surface area contributed by atoms with E-state index in [4.69, 9.17) is 5.11 Å². The third-order valence-electron chi connectivity index (χ3n) is 6.34. The van der Waals surface area contributed by atoms with E-state index in [9.17, 15) is 14.4 Å². The molecule has 0 saturated heterocycles. The van der Waals surface area contributed by atoms with Crippen molar-refractivity contribution in [1.29, 1.82) is 0 Å². The van der Waals surface area contributed by atoms with Crippen LogP contribution < -0.4 is 0 Å². The Balaban J connectivity index is 1.56. The molecule has 0 fully saturated rings. The number of oxime groups is 1. The van der Waals surface area contributed by atoms with Gasteiger partial charge in [-0.1, -0.05) is 47.6 Å². The summed E-state index contributed by atoms with van der Waals surface area (Å²) in [5, 5.41) is 22.5. The number of fused-ring (bicyclic) bond motifs is 3. The van der Waals surface area contributed by atoms with Crippen LogP contribution in [0.2, 0.25) is 0 Å². The fourth-order valence-electron chi connectivity index (χ4n) is 4.71. The van der Waals surface area contributed by atoms with Gasteiger partial charge in [0.15, 0.2) is 0 Å². The van der Waals surface area contributed by atoms with Crippen molar-refractivity contribution >= 4 is 11.7 Å². The van der Waals surface area contributed by atoms with Gasteiger partial charge >= 0.3 is 5.97 Å². The van der Waals surface area contributed by atoms with Gasteiger partial charge in [-0.2, -0.15) is 0 Å². The zero-order valence-electron chi connectivity index (χ0n) is 18.4. The first-order valence-corrected chi connectivity index (χ1v) is 10.9. The summed E-state index contributed by atoms with van der Waals surface area (Å²) in [5.74, 6) is -2.06. The van der Waals surface area contributed by atoms with Crippen LogP contribution in [0.1, 0.15) is 45.1 Å². The maximum Gasteiger partial charge on any atom is 0.338 e. The lowest BCUT2D eigenvalue weighted by Crippen LogP contribution is -2.09. The van der Waals surface area contributed by atoms with Gasteiger partial charge < -0.3 is 10.3 Å². The molecule has 1 aliphatic carbocycles. The Kier molecular flexibility index (Phi) is 5.42. The van der Waals surface area contributed by atoms with Gasteiger partial charge in [0.1, 0.15) is 5.82 Å². The fourth-order valence-corrected chi connectivity index (χ4v) is 4.71. The average Bonchev–Trinajstić information content (AvgIpc) is 3.15. The van der Waals surface area contributed by atoms with Crippen LogP contribution in [0.3, 0.4) is 0 Å². The number of nitrogens with zero attached hydrogens (tertiary/aromatic N) is 2. The van der Waals surface area contributed by atoms with E-state index in [1.165, 1.54) is 12.1 Å². The Morgan fingerprint density at radius 3 is 2.44 bits per heavy atom. The number of carboxylic acid groups (broad SMARTS) is 1. The Labute approximate surface area is 195 Å². The number of pyridine rings is 1. The van der Waals surface area contributed by atoms with Crippen LogP contribution in [0.5, 0.6) is 0 Å². The van der Waals surface area contributed by atoms with Gasteiger partial charge in [0.05, 0.1) is 11.3 Å². The van der Waals surface area contributed by atoms with Crippen molar-refractivity contribution in [2.45, 2.75) is 19.3 Å². The first kappa shape index (κ1) is 21.5. The minimum atomic E-state index is -1.29. The Hall–Kier alpha value is -4.32. The minimum absolute atomic E-state index is 0.00857. The molecule has 0 aliphatic heterocycles. The highest BCUT2D eigenvalue weighted by molar-refractivity contribution is 6.01. The zero-order valence-corrected chi connectivity index (χ0v) is 18.4. The van der Waals surface area contributed by atoms with Crippen LogP contribution in [-0.4, -0.2) is 27.0 Å². The van der Waals surface area contributed by atoms with Crippen molar-refractivity contribution in [2.75, 3.05) is 0 Å². The van der Waals surface area contributed by atoms with E-state index in [2.05, 4.69) is 22.3 Å². The van der Waals surface area contributed by atoms with Gasteiger partial charge in [-0.25, -0.2) is 9.18 Å². The van der Waals surface area contributed by atoms with Crippen LogP contribution in [0.25, 0.3) is 22.3 Å². The maximum absolute atomic E-state index is 14.3. The molecule has 3 aromatic carbocycles. The molecule has 1 aromatic heterocycles. The van der Waals surface area contributed by atoms with E-state index < -0.39 is 11.8 Å². The normalized spacial score (nSPS) is 14.5. The number of hydrogen-bond acceptors (Lipinski definition) is 4. The van der Waals surface area contributed by atoms with Gasteiger partial charge in [0.25, 0.3) is 0 Å². The highest BCUT2D eigenvalue weighted by Crippen LogP contribution is 2.48. The number of benzene rings is 3. The largest absolute Gasteiger partial charge is 0.478 e. The summed E-state index contributed by atoms with van der Waals surface area (Å²) in [6, 6.07) is 21.9. The van der Waals surface area contributed by atoms with Crippen molar-refractivity contribution in [1.82, 2.24) is 4.98 Å². The SMILES string of the molecule is Cc1cc(/C(CC2c3ccccc3-c3cc(-c4ccc(C(=O)O)c(F)c4)ccc32)=N/O)ccn1. The maximum atomic E-state index is 14.3. The highest BCUT2D eigenvalue weighted by Gasteiger charge is 2.30. The molecule has 34 heavy (non-hydrogen) atoms. The number of aryl methyl sites for hydroxylation is 1. The summed E-state index contributed by atoms with van der Waals surface area (Å²) < 4.78 is 14.3. The first-order valence-electron chi connectivity index (χ1n) is 10.9. The second kappa shape index (κ2) is 8.56. The van der Waals surface area contributed by atoms with Gasteiger partial charge in [-0.05, 0) is 70.6 Å². The van der Waals surface area contributed by atoms with Crippen molar-refractivity contribution in [3.05, 3.63) is 113 Å². The topological polar surface area (TPSA) is 82.8 Å². The smallest absolute Gasteiger partial charge is 0.338 e. The molecule has 0 saturated carbocycles. The lowest BCUT2D eigenvalue weighted by atomic mass is 9.89. The molecule has 0 radical (unpaired) electrons. The van der Waals surface area contributed by atoms with Gasteiger partial charge in [-0.15, -0.1) is 0 Å². The molecule has 4 aromatic rings. The molecule has 1 unspecified atom stereocenters. The summed E-state index contributed by atoms with van der Waals surface area (Å²) in [6.07, 6.45) is 2.21. The summed E-state index contributed by atoms with van der Waals surface area (Å²) in [6.45, 7) is 1.89. The molecule has 1 atom stereocenters. The number of aromatic nitrogens is 1. The van der Waals surface area contributed by atoms with Crippen LogP contribution in [0.15, 0.2) is 84.1 Å². The zero-order chi connectivity index (χ0) is 23.8. The lowest BCUT2D eigenvalue weighted by Gasteiger charge is -2.15.